The predicted molar refractivity (Wildman–Crippen MR) is 124 cm³/mol. The first-order chi connectivity index (χ1) is 17.0. The summed E-state index contributed by atoms with van der Waals surface area (Å²) in [7, 11) is 3.11. The number of methoxy groups -OCH3 is 2. The molecule has 5 rings (SSSR count). The van der Waals surface area contributed by atoms with Gasteiger partial charge in [-0.1, -0.05) is 18.2 Å². The van der Waals surface area contributed by atoms with E-state index < -0.39 is 23.0 Å². The van der Waals surface area contributed by atoms with Crippen molar-refractivity contribution in [3.05, 3.63) is 71.8 Å². The molecule has 8 nitrogen and oxygen atoms in total. The molecule has 0 radical (unpaired) electrons. The largest absolute Gasteiger partial charge is 0.493 e. The smallest absolute Gasteiger partial charge is 0.235 e. The van der Waals surface area contributed by atoms with Crippen LogP contribution in [0.25, 0.3) is 22.5 Å². The van der Waals surface area contributed by atoms with Crippen molar-refractivity contribution >= 4 is 11.6 Å². The summed E-state index contributed by atoms with van der Waals surface area (Å²) in [4.78, 5) is 13.2. The molecule has 4 aromatic rings. The Bertz CT molecular complexity index is 1380. The zero-order valence-corrected chi connectivity index (χ0v) is 18.9. The molecule has 1 fully saturated rings. The maximum absolute atomic E-state index is 14.4. The molecule has 0 unspecified atom stereocenters. The number of hydrogen-bond acceptors (Lipinski definition) is 6. The minimum atomic E-state index is -1.23. The molecule has 2 N–H and O–H groups in total. The Balaban J connectivity index is 1.52. The number of carbonyl (C=O) groups is 1. The van der Waals surface area contributed by atoms with Crippen LogP contribution in [-0.4, -0.2) is 40.8 Å². The van der Waals surface area contributed by atoms with Crippen molar-refractivity contribution in [1.82, 2.24) is 20.6 Å². The Morgan fingerprint density at radius 1 is 0.971 bits per heavy atom. The maximum Gasteiger partial charge on any atom is 0.235 e. The van der Waals surface area contributed by atoms with Gasteiger partial charge in [0.15, 0.2) is 17.3 Å². The molecule has 1 aliphatic carbocycles. The van der Waals surface area contributed by atoms with Crippen molar-refractivity contribution in [2.45, 2.75) is 18.3 Å². The summed E-state index contributed by atoms with van der Waals surface area (Å²) < 4.78 is 39.6. The SMILES string of the molecule is COc1ccc(-c2ccc(NC(=O)C3(c4c(F)cccc4F)CC3)cc2-c2nnn[nH]2)cc1OC. The quantitative estimate of drug-likeness (QED) is 0.406. The summed E-state index contributed by atoms with van der Waals surface area (Å²) >= 11 is 0. The molecule has 1 heterocycles. The number of carbonyl (C=O) groups excluding carboxylic acids is 1. The number of aromatic amines is 1. The molecule has 3 aromatic carbocycles. The third-order valence-electron chi connectivity index (χ3n) is 6.20. The first kappa shape index (κ1) is 22.5. The lowest BCUT2D eigenvalue weighted by Crippen LogP contribution is -2.29. The molecular formula is C25H21F2N5O3. The highest BCUT2D eigenvalue weighted by Gasteiger charge is 2.54. The highest BCUT2D eigenvalue weighted by Crippen LogP contribution is 2.51. The Hall–Kier alpha value is -4.34. The van der Waals surface area contributed by atoms with Crippen LogP contribution < -0.4 is 14.8 Å². The Kier molecular flexibility index (Phi) is 5.64. The third kappa shape index (κ3) is 3.96. The molecule has 10 heteroatoms. The Morgan fingerprint density at radius 2 is 1.71 bits per heavy atom. The van der Waals surface area contributed by atoms with Gasteiger partial charge in [-0.25, -0.2) is 13.9 Å². The van der Waals surface area contributed by atoms with Crippen LogP contribution in [0.1, 0.15) is 18.4 Å². The number of tetrazole rings is 1. The normalized spacial score (nSPS) is 13.8. The number of amides is 1. The molecule has 1 aromatic heterocycles. The van der Waals surface area contributed by atoms with Crippen molar-refractivity contribution in [2.75, 3.05) is 19.5 Å². The van der Waals surface area contributed by atoms with Crippen LogP contribution in [0.2, 0.25) is 0 Å². The average Bonchev–Trinajstić information content (AvgIpc) is 3.47. The van der Waals surface area contributed by atoms with Crippen LogP contribution in [0.5, 0.6) is 11.5 Å². The van der Waals surface area contributed by atoms with Gasteiger partial charge in [-0.3, -0.25) is 4.79 Å². The van der Waals surface area contributed by atoms with Gasteiger partial charge < -0.3 is 14.8 Å². The van der Waals surface area contributed by atoms with E-state index in [1.165, 1.54) is 18.2 Å². The third-order valence-corrected chi connectivity index (χ3v) is 6.20. The van der Waals surface area contributed by atoms with Crippen molar-refractivity contribution in [1.29, 1.82) is 0 Å². The lowest BCUT2D eigenvalue weighted by molar-refractivity contribution is -0.118. The van der Waals surface area contributed by atoms with Crippen LogP contribution >= 0.6 is 0 Å². The zero-order chi connectivity index (χ0) is 24.6. The standard InChI is InChI=1S/C25H21F2N5O3/c1-34-20-9-6-14(12-21(20)35-2)16-8-7-15(13-17(16)23-29-31-32-30-23)28-24(33)25(10-11-25)22-18(26)4-3-5-19(22)27/h3-9,12-13H,10-11H2,1-2H3,(H,28,33)(H,29,30,31,32). The van der Waals surface area contributed by atoms with E-state index >= 15 is 0 Å². The van der Waals surface area contributed by atoms with Crippen LogP contribution in [-0.2, 0) is 10.2 Å². The fourth-order valence-corrected chi connectivity index (χ4v) is 4.27. The molecule has 1 amide bonds. The second-order valence-electron chi connectivity index (χ2n) is 8.21. The van der Waals surface area contributed by atoms with E-state index in [0.717, 1.165) is 11.1 Å². The first-order valence-corrected chi connectivity index (χ1v) is 10.8. The molecule has 1 aliphatic rings. The number of H-pyrrole nitrogens is 1. The number of nitrogens with zero attached hydrogens (tertiary/aromatic N) is 3. The van der Waals surface area contributed by atoms with Crippen molar-refractivity contribution < 1.29 is 23.0 Å². The van der Waals surface area contributed by atoms with E-state index in [9.17, 15) is 13.6 Å². The molecule has 0 aliphatic heterocycles. The highest BCUT2D eigenvalue weighted by atomic mass is 19.1. The molecule has 0 spiro atoms. The summed E-state index contributed by atoms with van der Waals surface area (Å²) in [6.07, 6.45) is 0.721. The molecule has 35 heavy (non-hydrogen) atoms. The van der Waals surface area contributed by atoms with Crippen molar-refractivity contribution in [3.8, 4) is 34.0 Å². The minimum Gasteiger partial charge on any atom is -0.493 e. The molecule has 0 bridgehead atoms. The second-order valence-corrected chi connectivity index (χ2v) is 8.21. The number of ether oxygens (including phenoxy) is 2. The average molecular weight is 477 g/mol. The predicted octanol–water partition coefficient (Wildman–Crippen LogP) is 4.50. The van der Waals surface area contributed by atoms with Gasteiger partial charge in [0.1, 0.15) is 11.6 Å². The fourth-order valence-electron chi connectivity index (χ4n) is 4.27. The number of anilines is 1. The summed E-state index contributed by atoms with van der Waals surface area (Å²) in [5, 5.41) is 16.9. The monoisotopic (exact) mass is 477 g/mol. The lowest BCUT2D eigenvalue weighted by atomic mass is 9.93. The van der Waals surface area contributed by atoms with Gasteiger partial charge in [0.25, 0.3) is 0 Å². The Morgan fingerprint density at radius 3 is 2.34 bits per heavy atom. The summed E-state index contributed by atoms with van der Waals surface area (Å²) in [6, 6.07) is 14.3. The van der Waals surface area contributed by atoms with E-state index in [-0.39, 0.29) is 5.56 Å². The van der Waals surface area contributed by atoms with Gasteiger partial charge in [0, 0.05) is 16.8 Å². The summed E-state index contributed by atoms with van der Waals surface area (Å²) in [5.74, 6) is -0.413. The van der Waals surface area contributed by atoms with Crippen LogP contribution in [0, 0.1) is 11.6 Å². The molecule has 0 atom stereocenters. The van der Waals surface area contributed by atoms with Gasteiger partial charge in [-0.2, -0.15) is 0 Å². The maximum atomic E-state index is 14.4. The van der Waals surface area contributed by atoms with Crippen LogP contribution in [0.3, 0.4) is 0 Å². The minimum absolute atomic E-state index is 0.195. The fraction of sp³-hybridized carbons (Fsp3) is 0.200. The first-order valence-electron chi connectivity index (χ1n) is 10.8. The van der Waals surface area contributed by atoms with Crippen molar-refractivity contribution in [3.63, 3.8) is 0 Å². The van der Waals surface area contributed by atoms with Crippen LogP contribution in [0.4, 0.5) is 14.5 Å². The van der Waals surface area contributed by atoms with Gasteiger partial charge in [-0.05, 0) is 70.8 Å². The second kappa shape index (κ2) is 8.79. The number of aromatic nitrogens is 4. The number of halogens is 2. The highest BCUT2D eigenvalue weighted by molar-refractivity contribution is 6.02. The van der Waals surface area contributed by atoms with E-state index in [4.69, 9.17) is 9.47 Å². The number of benzene rings is 3. The molecule has 0 saturated heterocycles. The van der Waals surface area contributed by atoms with E-state index in [0.29, 0.717) is 41.4 Å². The van der Waals surface area contributed by atoms with Crippen molar-refractivity contribution in [2.24, 2.45) is 0 Å². The zero-order valence-electron chi connectivity index (χ0n) is 18.9. The topological polar surface area (TPSA) is 102 Å². The number of rotatable bonds is 7. The van der Waals surface area contributed by atoms with Crippen LogP contribution in [0.15, 0.2) is 54.6 Å². The van der Waals surface area contributed by atoms with Gasteiger partial charge in [0.2, 0.25) is 5.91 Å². The van der Waals surface area contributed by atoms with E-state index in [2.05, 4.69) is 25.9 Å². The number of hydrogen-bond donors (Lipinski definition) is 2. The Labute approximate surface area is 199 Å². The number of nitrogens with one attached hydrogen (secondary N) is 2. The van der Waals surface area contributed by atoms with E-state index in [1.807, 2.05) is 12.1 Å². The van der Waals surface area contributed by atoms with E-state index in [1.54, 1.807) is 38.5 Å². The molecule has 178 valence electrons. The van der Waals surface area contributed by atoms with Gasteiger partial charge >= 0.3 is 0 Å². The summed E-state index contributed by atoms with van der Waals surface area (Å²) in [6.45, 7) is 0. The molecule has 1 saturated carbocycles. The van der Waals surface area contributed by atoms with Gasteiger partial charge in [0.05, 0.1) is 19.6 Å². The summed E-state index contributed by atoms with van der Waals surface area (Å²) in [5.41, 5.74) is 1.20. The molecular weight excluding hydrogens is 456 g/mol. The van der Waals surface area contributed by atoms with Gasteiger partial charge in [-0.15, -0.1) is 5.10 Å². The lowest BCUT2D eigenvalue weighted by Gasteiger charge is -2.18.